The molecule has 1 amide bonds. The van der Waals surface area contributed by atoms with Crippen LogP contribution >= 0.6 is 45.2 Å². The highest BCUT2D eigenvalue weighted by Gasteiger charge is 2.12. The molecular formula is C11H9I2NO3. The third-order valence-corrected chi connectivity index (χ3v) is 3.56. The normalized spacial score (nSPS) is 10.5. The van der Waals surface area contributed by atoms with Crippen molar-refractivity contribution >= 4 is 62.7 Å². The Morgan fingerprint density at radius 2 is 1.82 bits per heavy atom. The second-order valence-electron chi connectivity index (χ2n) is 3.11. The van der Waals surface area contributed by atoms with E-state index in [-0.39, 0.29) is 11.5 Å². The van der Waals surface area contributed by atoms with Crippen LogP contribution in [0.5, 0.6) is 0 Å². The van der Waals surface area contributed by atoms with Crippen LogP contribution in [0.3, 0.4) is 0 Å². The number of rotatable bonds is 3. The summed E-state index contributed by atoms with van der Waals surface area (Å²) >= 11 is 4.00. The Morgan fingerprint density at radius 1 is 1.29 bits per heavy atom. The molecule has 0 heterocycles. The van der Waals surface area contributed by atoms with E-state index in [1.54, 1.807) is 13.0 Å². The van der Waals surface area contributed by atoms with Crippen molar-refractivity contribution in [2.75, 3.05) is 5.32 Å². The van der Waals surface area contributed by atoms with Crippen LogP contribution in [0.25, 0.3) is 0 Å². The molecule has 4 nitrogen and oxygen atoms in total. The second kappa shape index (κ2) is 6.34. The molecule has 1 rings (SSSR count). The van der Waals surface area contributed by atoms with Crippen molar-refractivity contribution in [3.63, 3.8) is 0 Å². The van der Waals surface area contributed by atoms with E-state index in [0.717, 1.165) is 0 Å². The molecule has 0 aliphatic carbocycles. The van der Waals surface area contributed by atoms with Crippen LogP contribution in [0, 0.1) is 7.14 Å². The summed E-state index contributed by atoms with van der Waals surface area (Å²) in [6.45, 7) is 1.75. The Morgan fingerprint density at radius 3 is 2.24 bits per heavy atom. The zero-order valence-corrected chi connectivity index (χ0v) is 13.1. The summed E-state index contributed by atoms with van der Waals surface area (Å²) in [5, 5.41) is 11.6. The van der Waals surface area contributed by atoms with Gasteiger partial charge in [0.05, 0.1) is 11.3 Å². The number of allylic oxidation sites excluding steroid dienone is 1. The maximum Gasteiger partial charge on any atom is 0.335 e. The minimum atomic E-state index is -0.979. The van der Waals surface area contributed by atoms with Crippen LogP contribution in [0.1, 0.15) is 17.3 Å². The number of amides is 1. The van der Waals surface area contributed by atoms with E-state index in [1.807, 2.05) is 45.2 Å². The van der Waals surface area contributed by atoms with Gasteiger partial charge < -0.3 is 10.4 Å². The van der Waals surface area contributed by atoms with Crippen LogP contribution in [0.2, 0.25) is 0 Å². The smallest absolute Gasteiger partial charge is 0.335 e. The summed E-state index contributed by atoms with van der Waals surface area (Å²) in [6.07, 6.45) is 3.05. The van der Waals surface area contributed by atoms with Gasteiger partial charge in [-0.15, -0.1) is 0 Å². The molecule has 0 fully saturated rings. The first kappa shape index (κ1) is 14.4. The number of carboxylic acids is 1. The molecule has 0 unspecified atom stereocenters. The number of carbonyl (C=O) groups excluding carboxylic acids is 1. The van der Waals surface area contributed by atoms with Crippen molar-refractivity contribution in [1.29, 1.82) is 0 Å². The zero-order valence-electron chi connectivity index (χ0n) is 8.83. The van der Waals surface area contributed by atoms with Gasteiger partial charge in [-0.1, -0.05) is 6.08 Å². The maximum absolute atomic E-state index is 11.4. The number of carbonyl (C=O) groups is 2. The Hall–Kier alpha value is -0.640. The molecule has 0 atom stereocenters. The predicted octanol–water partition coefficient (Wildman–Crippen LogP) is 3.11. The lowest BCUT2D eigenvalue weighted by Gasteiger charge is -2.09. The maximum atomic E-state index is 11.4. The van der Waals surface area contributed by atoms with Gasteiger partial charge in [-0.2, -0.15) is 0 Å². The van der Waals surface area contributed by atoms with Crippen LogP contribution in [0.4, 0.5) is 5.69 Å². The Bertz CT molecular complexity index is 474. The fourth-order valence-corrected chi connectivity index (χ4v) is 3.17. The highest BCUT2D eigenvalue weighted by atomic mass is 127. The van der Waals surface area contributed by atoms with Gasteiger partial charge in [-0.3, -0.25) is 4.79 Å². The number of anilines is 1. The molecule has 0 spiro atoms. The average molecular weight is 457 g/mol. The number of carboxylic acid groups (broad SMARTS) is 1. The van der Waals surface area contributed by atoms with Gasteiger partial charge in [0.25, 0.3) is 0 Å². The van der Waals surface area contributed by atoms with E-state index in [0.29, 0.717) is 12.8 Å². The van der Waals surface area contributed by atoms with Gasteiger partial charge in [0.2, 0.25) is 5.91 Å². The molecule has 1 aromatic rings. The predicted molar refractivity (Wildman–Crippen MR) is 82.3 cm³/mol. The molecule has 0 aliphatic rings. The molecule has 17 heavy (non-hydrogen) atoms. The number of halogens is 2. The SMILES string of the molecule is CC=CC(=O)Nc1c(I)cc(C(=O)O)cc1I. The lowest BCUT2D eigenvalue weighted by Crippen LogP contribution is -2.11. The van der Waals surface area contributed by atoms with Crippen LogP contribution in [0.15, 0.2) is 24.3 Å². The third kappa shape index (κ3) is 3.95. The van der Waals surface area contributed by atoms with E-state index < -0.39 is 5.97 Å². The molecule has 0 bridgehead atoms. The number of hydrogen-bond donors (Lipinski definition) is 2. The van der Waals surface area contributed by atoms with Crippen molar-refractivity contribution < 1.29 is 14.7 Å². The Kier molecular flexibility index (Phi) is 5.37. The summed E-state index contributed by atoms with van der Waals surface area (Å²) < 4.78 is 1.40. The summed E-state index contributed by atoms with van der Waals surface area (Å²) in [4.78, 5) is 22.3. The lowest BCUT2D eigenvalue weighted by atomic mass is 10.2. The summed E-state index contributed by atoms with van der Waals surface area (Å²) in [7, 11) is 0. The minimum absolute atomic E-state index is 0.211. The van der Waals surface area contributed by atoms with Crippen LogP contribution < -0.4 is 5.32 Å². The van der Waals surface area contributed by atoms with Gasteiger partial charge in [0.1, 0.15) is 0 Å². The number of hydrogen-bond acceptors (Lipinski definition) is 2. The van der Waals surface area contributed by atoms with Crippen molar-refractivity contribution in [2.45, 2.75) is 6.92 Å². The molecule has 6 heteroatoms. The summed E-state index contributed by atoms with van der Waals surface area (Å²) in [5.41, 5.74) is 0.849. The van der Waals surface area contributed by atoms with Gasteiger partial charge in [-0.05, 0) is 70.3 Å². The summed E-state index contributed by atoms with van der Waals surface area (Å²) in [6, 6.07) is 3.05. The number of nitrogens with one attached hydrogen (secondary N) is 1. The first-order valence-electron chi connectivity index (χ1n) is 4.61. The first-order chi connectivity index (χ1) is 7.95. The molecule has 0 radical (unpaired) electrons. The number of benzene rings is 1. The van der Waals surface area contributed by atoms with Crippen molar-refractivity contribution in [3.05, 3.63) is 37.0 Å². The molecule has 0 saturated heterocycles. The molecule has 1 aromatic carbocycles. The van der Waals surface area contributed by atoms with Gasteiger partial charge >= 0.3 is 5.97 Å². The fourth-order valence-electron chi connectivity index (χ4n) is 1.13. The molecule has 0 aliphatic heterocycles. The standard InChI is InChI=1S/C11H9I2NO3/c1-2-3-9(15)14-10-7(12)4-6(11(16)17)5-8(10)13/h2-5H,1H3,(H,14,15)(H,16,17). The van der Waals surface area contributed by atoms with Crippen LogP contribution in [-0.2, 0) is 4.79 Å². The third-order valence-electron chi connectivity index (χ3n) is 1.86. The van der Waals surface area contributed by atoms with Gasteiger partial charge in [-0.25, -0.2) is 4.79 Å². The largest absolute Gasteiger partial charge is 0.478 e. The molecule has 0 saturated carbocycles. The average Bonchev–Trinajstić information content (AvgIpc) is 2.23. The highest BCUT2D eigenvalue weighted by molar-refractivity contribution is 14.1. The van der Waals surface area contributed by atoms with E-state index >= 15 is 0 Å². The van der Waals surface area contributed by atoms with Crippen molar-refractivity contribution in [3.8, 4) is 0 Å². The molecule has 0 aromatic heterocycles. The van der Waals surface area contributed by atoms with E-state index in [9.17, 15) is 9.59 Å². The first-order valence-corrected chi connectivity index (χ1v) is 6.77. The topological polar surface area (TPSA) is 66.4 Å². The van der Waals surface area contributed by atoms with Crippen molar-refractivity contribution in [2.24, 2.45) is 0 Å². The van der Waals surface area contributed by atoms with E-state index in [4.69, 9.17) is 5.11 Å². The lowest BCUT2D eigenvalue weighted by molar-refractivity contribution is -0.111. The number of aromatic carboxylic acids is 1. The van der Waals surface area contributed by atoms with Crippen LogP contribution in [-0.4, -0.2) is 17.0 Å². The zero-order chi connectivity index (χ0) is 13.0. The van der Waals surface area contributed by atoms with E-state index in [2.05, 4.69) is 5.32 Å². The Labute approximate surface area is 126 Å². The quantitative estimate of drug-likeness (QED) is 0.542. The monoisotopic (exact) mass is 457 g/mol. The van der Waals surface area contributed by atoms with Crippen molar-refractivity contribution in [1.82, 2.24) is 0 Å². The molecule has 2 N–H and O–H groups in total. The minimum Gasteiger partial charge on any atom is -0.478 e. The van der Waals surface area contributed by atoms with E-state index in [1.165, 1.54) is 18.2 Å². The molecule has 90 valence electrons. The summed E-state index contributed by atoms with van der Waals surface area (Å²) in [5.74, 6) is -1.21. The Balaban J connectivity index is 3.10. The second-order valence-corrected chi connectivity index (χ2v) is 5.43. The van der Waals surface area contributed by atoms with Gasteiger partial charge in [0.15, 0.2) is 0 Å². The van der Waals surface area contributed by atoms with Gasteiger partial charge in [0, 0.05) is 7.14 Å². The highest BCUT2D eigenvalue weighted by Crippen LogP contribution is 2.26. The fraction of sp³-hybridized carbons (Fsp3) is 0.0909. The molecular weight excluding hydrogens is 448 g/mol.